The standard InChI is InChI=1S/2C6H3Br2NO2/c2*7-4-1-2-5(8)6(3-4)9(10)11/h2*1-3H. The van der Waals surface area contributed by atoms with E-state index in [1.54, 1.807) is 24.3 Å². The Morgan fingerprint density at radius 3 is 1.23 bits per heavy atom. The number of halogens is 4. The molecule has 0 spiro atoms. The smallest absolute Gasteiger partial charge is 0.258 e. The first-order valence-electron chi connectivity index (χ1n) is 5.41. The molecule has 6 nitrogen and oxygen atoms in total. The maximum Gasteiger partial charge on any atom is 0.284 e. The molecule has 0 saturated heterocycles. The number of rotatable bonds is 2. The zero-order valence-corrected chi connectivity index (χ0v) is 16.8. The van der Waals surface area contributed by atoms with Crippen LogP contribution < -0.4 is 0 Å². The maximum absolute atomic E-state index is 10.3. The van der Waals surface area contributed by atoms with Crippen LogP contribution in [0.15, 0.2) is 54.3 Å². The Bertz CT molecular complexity index is 663. The average Bonchev–Trinajstić information content (AvgIpc) is 2.44. The van der Waals surface area contributed by atoms with E-state index in [-0.39, 0.29) is 11.4 Å². The first-order chi connectivity index (χ1) is 10.2. The van der Waals surface area contributed by atoms with Crippen LogP contribution in [0.3, 0.4) is 0 Å². The fourth-order valence-corrected chi connectivity index (χ4v) is 2.73. The van der Waals surface area contributed by atoms with Gasteiger partial charge in [0.2, 0.25) is 0 Å². The average molecular weight is 562 g/mol. The van der Waals surface area contributed by atoms with Crippen molar-refractivity contribution in [3.05, 3.63) is 74.5 Å². The molecule has 0 aliphatic carbocycles. The zero-order chi connectivity index (χ0) is 16.9. The maximum atomic E-state index is 10.3. The summed E-state index contributed by atoms with van der Waals surface area (Å²) in [5.74, 6) is 0. The van der Waals surface area contributed by atoms with Crippen molar-refractivity contribution < 1.29 is 9.85 Å². The van der Waals surface area contributed by atoms with Gasteiger partial charge >= 0.3 is 0 Å². The van der Waals surface area contributed by atoms with E-state index >= 15 is 0 Å². The van der Waals surface area contributed by atoms with E-state index in [1.807, 2.05) is 0 Å². The van der Waals surface area contributed by atoms with Crippen molar-refractivity contribution in [3.63, 3.8) is 0 Å². The van der Waals surface area contributed by atoms with Gasteiger partial charge in [-0.2, -0.15) is 0 Å². The summed E-state index contributed by atoms with van der Waals surface area (Å²) in [5.41, 5.74) is 0.138. The number of benzene rings is 2. The highest BCUT2D eigenvalue weighted by atomic mass is 79.9. The summed E-state index contributed by atoms with van der Waals surface area (Å²) in [6, 6.07) is 9.62. The van der Waals surface area contributed by atoms with Crippen LogP contribution in [-0.2, 0) is 0 Å². The Morgan fingerprint density at radius 2 is 1.00 bits per heavy atom. The molecule has 0 fully saturated rings. The van der Waals surface area contributed by atoms with Crippen molar-refractivity contribution in [1.29, 1.82) is 0 Å². The minimum Gasteiger partial charge on any atom is -0.258 e. The summed E-state index contributed by atoms with van der Waals surface area (Å²) in [6.45, 7) is 0. The van der Waals surface area contributed by atoms with Gasteiger partial charge in [0.05, 0.1) is 18.8 Å². The summed E-state index contributed by atoms with van der Waals surface area (Å²) in [7, 11) is 0. The topological polar surface area (TPSA) is 86.3 Å². The third-order valence-electron chi connectivity index (χ3n) is 2.21. The van der Waals surface area contributed by atoms with Crippen molar-refractivity contribution in [2.75, 3.05) is 0 Å². The van der Waals surface area contributed by atoms with Crippen LogP contribution in [-0.4, -0.2) is 9.85 Å². The van der Waals surface area contributed by atoms with Gasteiger partial charge in [-0.05, 0) is 56.1 Å². The molecule has 0 aliphatic rings. The largest absolute Gasteiger partial charge is 0.284 e. The minimum absolute atomic E-state index is 0.0689. The van der Waals surface area contributed by atoms with E-state index < -0.39 is 9.85 Å². The van der Waals surface area contributed by atoms with E-state index in [0.717, 1.165) is 0 Å². The van der Waals surface area contributed by atoms with Gasteiger partial charge in [-0.15, -0.1) is 0 Å². The third kappa shape index (κ3) is 5.75. The summed E-state index contributed by atoms with van der Waals surface area (Å²) in [5, 5.41) is 20.7. The van der Waals surface area contributed by atoms with Gasteiger partial charge in [0.15, 0.2) is 0 Å². The molecule has 0 heterocycles. The van der Waals surface area contributed by atoms with E-state index in [4.69, 9.17) is 0 Å². The molecule has 2 aromatic carbocycles. The van der Waals surface area contributed by atoms with Gasteiger partial charge in [0.25, 0.3) is 11.4 Å². The van der Waals surface area contributed by atoms with Gasteiger partial charge in [0, 0.05) is 21.1 Å². The monoisotopic (exact) mass is 558 g/mol. The van der Waals surface area contributed by atoms with E-state index in [9.17, 15) is 20.2 Å². The molecule has 116 valence electrons. The van der Waals surface area contributed by atoms with Gasteiger partial charge < -0.3 is 0 Å². The quantitative estimate of drug-likeness (QED) is 0.321. The Hall–Kier alpha value is -0.840. The van der Waals surface area contributed by atoms with Crippen molar-refractivity contribution in [3.8, 4) is 0 Å². The molecule has 10 heteroatoms. The predicted octanol–water partition coefficient (Wildman–Crippen LogP) is 6.24. The molecule has 0 radical (unpaired) electrons. The van der Waals surface area contributed by atoms with Crippen LogP contribution in [0.4, 0.5) is 11.4 Å². The Morgan fingerprint density at radius 1 is 0.682 bits per heavy atom. The second-order valence-electron chi connectivity index (χ2n) is 3.71. The highest BCUT2D eigenvalue weighted by Gasteiger charge is 2.11. The van der Waals surface area contributed by atoms with E-state index in [0.29, 0.717) is 17.9 Å². The summed E-state index contributed by atoms with van der Waals surface area (Å²) in [6.07, 6.45) is 0. The lowest BCUT2D eigenvalue weighted by molar-refractivity contribution is -0.385. The predicted molar refractivity (Wildman–Crippen MR) is 97.0 cm³/mol. The molecule has 2 aromatic rings. The summed E-state index contributed by atoms with van der Waals surface area (Å²) >= 11 is 12.4. The highest BCUT2D eigenvalue weighted by molar-refractivity contribution is 9.11. The van der Waals surface area contributed by atoms with Gasteiger partial charge in [0.1, 0.15) is 0 Å². The van der Waals surface area contributed by atoms with Crippen molar-refractivity contribution in [2.45, 2.75) is 0 Å². The lowest BCUT2D eigenvalue weighted by Crippen LogP contribution is -1.88. The fourth-order valence-electron chi connectivity index (χ4n) is 1.25. The molecule has 0 atom stereocenters. The third-order valence-corrected chi connectivity index (χ3v) is 4.54. The van der Waals surface area contributed by atoms with Crippen LogP contribution in [0.2, 0.25) is 0 Å². The molecular weight excluding hydrogens is 556 g/mol. The highest BCUT2D eigenvalue weighted by Crippen LogP contribution is 2.28. The Kier molecular flexibility index (Phi) is 7.60. The number of hydrogen-bond donors (Lipinski definition) is 0. The Balaban J connectivity index is 0.000000220. The molecule has 0 unspecified atom stereocenters. The lowest BCUT2D eigenvalue weighted by atomic mass is 10.3. The minimum atomic E-state index is -0.436. The van der Waals surface area contributed by atoms with Gasteiger partial charge in [-0.3, -0.25) is 20.2 Å². The Labute approximate surface area is 158 Å². The van der Waals surface area contributed by atoms with Crippen LogP contribution in [0.5, 0.6) is 0 Å². The fraction of sp³-hybridized carbons (Fsp3) is 0. The number of nitrogens with zero attached hydrogens (tertiary/aromatic N) is 2. The summed E-state index contributed by atoms with van der Waals surface area (Å²) < 4.78 is 2.39. The molecule has 22 heavy (non-hydrogen) atoms. The van der Waals surface area contributed by atoms with Crippen molar-refractivity contribution in [1.82, 2.24) is 0 Å². The SMILES string of the molecule is O=[N+]([O-])c1cc(Br)ccc1Br.O=[N+]([O-])c1cc(Br)ccc1Br. The van der Waals surface area contributed by atoms with Crippen LogP contribution in [0.25, 0.3) is 0 Å². The van der Waals surface area contributed by atoms with Gasteiger partial charge in [-0.25, -0.2) is 0 Å². The lowest BCUT2D eigenvalue weighted by Gasteiger charge is -1.94. The normalized spacial score (nSPS) is 9.64. The molecule has 0 bridgehead atoms. The number of hydrogen-bond acceptors (Lipinski definition) is 4. The number of nitro groups is 2. The molecule has 0 aliphatic heterocycles. The first kappa shape index (κ1) is 19.2. The number of nitro benzene ring substituents is 2. The second-order valence-corrected chi connectivity index (χ2v) is 7.25. The zero-order valence-electron chi connectivity index (χ0n) is 10.5. The van der Waals surface area contributed by atoms with Crippen molar-refractivity contribution >= 4 is 75.1 Å². The van der Waals surface area contributed by atoms with Crippen LogP contribution in [0, 0.1) is 20.2 Å². The first-order valence-corrected chi connectivity index (χ1v) is 8.58. The second kappa shape index (κ2) is 8.70. The molecule has 2 rings (SSSR count). The summed E-state index contributed by atoms with van der Waals surface area (Å²) in [4.78, 5) is 19.8. The van der Waals surface area contributed by atoms with E-state index in [2.05, 4.69) is 63.7 Å². The van der Waals surface area contributed by atoms with Gasteiger partial charge in [-0.1, -0.05) is 31.9 Å². The molecular formula is C12H6Br4N2O4. The van der Waals surface area contributed by atoms with Crippen LogP contribution >= 0.6 is 63.7 Å². The molecule has 0 amide bonds. The van der Waals surface area contributed by atoms with Crippen LogP contribution in [0.1, 0.15) is 0 Å². The molecule has 0 N–H and O–H groups in total. The molecule has 0 aromatic heterocycles. The van der Waals surface area contributed by atoms with Crippen molar-refractivity contribution in [2.24, 2.45) is 0 Å². The van der Waals surface area contributed by atoms with E-state index in [1.165, 1.54) is 12.1 Å². The molecule has 0 saturated carbocycles.